The van der Waals surface area contributed by atoms with Gasteiger partial charge in [0.05, 0.1) is 5.75 Å². The molecule has 0 amide bonds. The van der Waals surface area contributed by atoms with Crippen LogP contribution in [0.4, 0.5) is 0 Å². The molecule has 1 aromatic heterocycles. The Bertz CT molecular complexity index is 736. The molecule has 124 valence electrons. The number of aromatic nitrogens is 3. The molecule has 1 fully saturated rings. The highest BCUT2D eigenvalue weighted by molar-refractivity contribution is 7.89. The van der Waals surface area contributed by atoms with Crippen molar-refractivity contribution in [1.29, 1.82) is 0 Å². The van der Waals surface area contributed by atoms with E-state index in [0.29, 0.717) is 11.6 Å². The highest BCUT2D eigenvalue weighted by Gasteiger charge is 2.28. The lowest BCUT2D eigenvalue weighted by Crippen LogP contribution is -2.34. The first-order valence-corrected chi connectivity index (χ1v) is 9.62. The van der Waals surface area contributed by atoms with Gasteiger partial charge in [-0.1, -0.05) is 43.2 Å². The van der Waals surface area contributed by atoms with Gasteiger partial charge in [-0.05, 0) is 31.2 Å². The van der Waals surface area contributed by atoms with Crippen LogP contribution in [-0.2, 0) is 10.0 Å². The molecule has 0 spiro atoms. The molecule has 1 saturated carbocycles. The highest BCUT2D eigenvalue weighted by atomic mass is 32.2. The Labute approximate surface area is 136 Å². The van der Waals surface area contributed by atoms with Gasteiger partial charge in [-0.3, -0.25) is 5.10 Å². The number of rotatable bonds is 6. The minimum Gasteiger partial charge on any atom is -0.263 e. The van der Waals surface area contributed by atoms with Crippen LogP contribution in [0.3, 0.4) is 0 Å². The number of aromatic amines is 1. The third-order valence-electron chi connectivity index (χ3n) is 4.23. The van der Waals surface area contributed by atoms with Crippen molar-refractivity contribution in [3.8, 4) is 0 Å². The zero-order valence-electron chi connectivity index (χ0n) is 13.2. The van der Waals surface area contributed by atoms with E-state index in [2.05, 4.69) is 19.9 Å². The summed E-state index contributed by atoms with van der Waals surface area (Å²) in [6, 6.07) is 8.87. The van der Waals surface area contributed by atoms with Crippen molar-refractivity contribution in [1.82, 2.24) is 19.9 Å². The predicted octanol–water partition coefficient (Wildman–Crippen LogP) is 2.31. The third-order valence-corrected chi connectivity index (χ3v) is 5.74. The van der Waals surface area contributed by atoms with Gasteiger partial charge >= 0.3 is 0 Å². The van der Waals surface area contributed by atoms with E-state index in [0.717, 1.165) is 31.2 Å². The fraction of sp³-hybridized carbons (Fsp3) is 0.500. The average Bonchev–Trinajstić information content (AvgIpc) is 3.17. The zero-order valence-corrected chi connectivity index (χ0v) is 14.0. The maximum absolute atomic E-state index is 12.6. The van der Waals surface area contributed by atoms with Crippen molar-refractivity contribution in [3.63, 3.8) is 0 Å². The second-order valence-corrected chi connectivity index (χ2v) is 7.97. The summed E-state index contributed by atoms with van der Waals surface area (Å²) in [4.78, 5) is 4.31. The minimum atomic E-state index is -3.40. The minimum absolute atomic E-state index is 0.180. The first-order valence-electron chi connectivity index (χ1n) is 7.97. The second-order valence-electron chi connectivity index (χ2n) is 6.17. The van der Waals surface area contributed by atoms with Gasteiger partial charge in [0.2, 0.25) is 10.0 Å². The van der Waals surface area contributed by atoms with Crippen molar-refractivity contribution in [2.45, 2.75) is 38.6 Å². The third kappa shape index (κ3) is 4.17. The standard InChI is InChI=1S/C16H22N4O2S/c1-12-17-16(19-18-12)15(14-9-3-2-4-10-14)20-23(21,22)11-13-7-5-6-8-13/h2-4,9-10,13,15,20H,5-8,11H2,1H3,(H,17,18,19)/t15-/m0/s1. The molecule has 1 aliphatic carbocycles. The monoisotopic (exact) mass is 334 g/mol. The topological polar surface area (TPSA) is 87.7 Å². The van der Waals surface area contributed by atoms with Crippen LogP contribution in [0.1, 0.15) is 48.9 Å². The molecule has 2 aromatic rings. The van der Waals surface area contributed by atoms with Gasteiger partial charge in [0.15, 0.2) is 5.82 Å². The van der Waals surface area contributed by atoms with Crippen molar-refractivity contribution in [3.05, 3.63) is 47.5 Å². The van der Waals surface area contributed by atoms with Crippen LogP contribution in [0.2, 0.25) is 0 Å². The van der Waals surface area contributed by atoms with E-state index in [1.165, 1.54) is 0 Å². The average molecular weight is 334 g/mol. The molecule has 1 heterocycles. The van der Waals surface area contributed by atoms with Crippen LogP contribution in [0, 0.1) is 12.8 Å². The number of nitrogens with zero attached hydrogens (tertiary/aromatic N) is 2. The number of nitrogens with one attached hydrogen (secondary N) is 2. The van der Waals surface area contributed by atoms with Crippen molar-refractivity contribution in [2.75, 3.05) is 5.75 Å². The van der Waals surface area contributed by atoms with E-state index in [4.69, 9.17) is 0 Å². The lowest BCUT2D eigenvalue weighted by atomic mass is 10.1. The van der Waals surface area contributed by atoms with Crippen LogP contribution < -0.4 is 4.72 Å². The van der Waals surface area contributed by atoms with Gasteiger partial charge in [-0.15, -0.1) is 0 Å². The Kier molecular flexibility index (Phi) is 4.77. The van der Waals surface area contributed by atoms with Crippen molar-refractivity contribution in [2.24, 2.45) is 5.92 Å². The lowest BCUT2D eigenvalue weighted by Gasteiger charge is -2.18. The molecule has 3 rings (SSSR count). The quantitative estimate of drug-likeness (QED) is 0.848. The summed E-state index contributed by atoms with van der Waals surface area (Å²) < 4.78 is 27.9. The van der Waals surface area contributed by atoms with E-state index >= 15 is 0 Å². The van der Waals surface area contributed by atoms with E-state index in [-0.39, 0.29) is 11.7 Å². The summed E-state index contributed by atoms with van der Waals surface area (Å²) in [6.07, 6.45) is 4.25. The number of sulfonamides is 1. The van der Waals surface area contributed by atoms with Gasteiger partial charge in [0, 0.05) is 0 Å². The summed E-state index contributed by atoms with van der Waals surface area (Å²) in [5.41, 5.74) is 0.835. The van der Waals surface area contributed by atoms with Crippen LogP contribution in [-0.4, -0.2) is 29.4 Å². The van der Waals surface area contributed by atoms with Crippen LogP contribution >= 0.6 is 0 Å². The zero-order chi connectivity index (χ0) is 16.3. The normalized spacial score (nSPS) is 17.4. The largest absolute Gasteiger partial charge is 0.263 e. The molecule has 1 atom stereocenters. The molecule has 0 saturated heterocycles. The van der Waals surface area contributed by atoms with Crippen molar-refractivity contribution < 1.29 is 8.42 Å². The molecule has 1 aliphatic rings. The van der Waals surface area contributed by atoms with E-state index in [9.17, 15) is 8.42 Å². The summed E-state index contributed by atoms with van der Waals surface area (Å²) >= 11 is 0. The second kappa shape index (κ2) is 6.80. The fourth-order valence-electron chi connectivity index (χ4n) is 3.12. The molecule has 6 nitrogen and oxygen atoms in total. The molecule has 1 aromatic carbocycles. The van der Waals surface area contributed by atoms with Crippen LogP contribution in [0.5, 0.6) is 0 Å². The van der Waals surface area contributed by atoms with Gasteiger partial charge in [-0.2, -0.15) is 9.82 Å². The van der Waals surface area contributed by atoms with Crippen molar-refractivity contribution >= 4 is 10.0 Å². The Balaban J connectivity index is 1.83. The summed E-state index contributed by atoms with van der Waals surface area (Å²) in [5.74, 6) is 1.55. The lowest BCUT2D eigenvalue weighted by molar-refractivity contribution is 0.537. The number of hydrogen-bond donors (Lipinski definition) is 2. The highest BCUT2D eigenvalue weighted by Crippen LogP contribution is 2.27. The Hall–Kier alpha value is -1.73. The maximum Gasteiger partial charge on any atom is 0.212 e. The predicted molar refractivity (Wildman–Crippen MR) is 88.3 cm³/mol. The molecule has 0 bridgehead atoms. The molecular formula is C16H22N4O2S. The number of benzene rings is 1. The number of hydrogen-bond acceptors (Lipinski definition) is 4. The van der Waals surface area contributed by atoms with Gasteiger partial charge in [0.1, 0.15) is 11.9 Å². The van der Waals surface area contributed by atoms with Crippen LogP contribution in [0.25, 0.3) is 0 Å². The SMILES string of the molecule is Cc1nc([C@@H](NS(=O)(=O)CC2CCCC2)c2ccccc2)n[nH]1. The van der Waals surface area contributed by atoms with Gasteiger partial charge in [-0.25, -0.2) is 13.4 Å². The Morgan fingerprint density at radius 3 is 2.57 bits per heavy atom. The number of aryl methyl sites for hydroxylation is 1. The van der Waals surface area contributed by atoms with Gasteiger partial charge in [0.25, 0.3) is 0 Å². The molecule has 0 radical (unpaired) electrons. The molecule has 0 aliphatic heterocycles. The Morgan fingerprint density at radius 1 is 1.26 bits per heavy atom. The molecule has 0 unspecified atom stereocenters. The summed E-state index contributed by atoms with van der Waals surface area (Å²) in [5, 5.41) is 6.93. The smallest absolute Gasteiger partial charge is 0.212 e. The van der Waals surface area contributed by atoms with E-state index in [1.807, 2.05) is 30.3 Å². The molecule has 7 heteroatoms. The van der Waals surface area contributed by atoms with E-state index in [1.54, 1.807) is 6.92 Å². The van der Waals surface area contributed by atoms with Crippen LogP contribution in [0.15, 0.2) is 30.3 Å². The first kappa shape index (κ1) is 16.1. The first-order chi connectivity index (χ1) is 11.0. The maximum atomic E-state index is 12.6. The number of H-pyrrole nitrogens is 1. The fourth-order valence-corrected chi connectivity index (χ4v) is 4.77. The summed E-state index contributed by atoms with van der Waals surface area (Å²) in [7, 11) is -3.40. The van der Waals surface area contributed by atoms with Gasteiger partial charge < -0.3 is 0 Å². The van der Waals surface area contributed by atoms with E-state index < -0.39 is 16.1 Å². The molecule has 2 N–H and O–H groups in total. The summed E-state index contributed by atoms with van der Waals surface area (Å²) in [6.45, 7) is 1.80. The Morgan fingerprint density at radius 2 is 1.96 bits per heavy atom. The molecular weight excluding hydrogens is 312 g/mol. The molecule has 23 heavy (non-hydrogen) atoms.